The Hall–Kier alpha value is -0.870. The zero-order chi connectivity index (χ0) is 12.7. The van der Waals surface area contributed by atoms with E-state index in [2.05, 4.69) is 11.8 Å². The van der Waals surface area contributed by atoms with Gasteiger partial charge in [-0.05, 0) is 32.1 Å². The van der Waals surface area contributed by atoms with Crippen molar-refractivity contribution in [3.05, 3.63) is 30.3 Å². The van der Waals surface area contributed by atoms with E-state index < -0.39 is 9.84 Å². The first kappa shape index (κ1) is 14.2. The van der Waals surface area contributed by atoms with Crippen molar-refractivity contribution in [1.29, 1.82) is 0 Å². The molecule has 0 atom stereocenters. The average Bonchev–Trinajstić information content (AvgIpc) is 2.35. The molecular formula is C13H21NO2S. The average molecular weight is 255 g/mol. The third kappa shape index (κ3) is 4.88. The first-order valence-corrected chi connectivity index (χ1v) is 7.68. The number of sulfone groups is 1. The van der Waals surface area contributed by atoms with E-state index in [1.165, 1.54) is 0 Å². The fourth-order valence-corrected chi connectivity index (χ4v) is 2.92. The topological polar surface area (TPSA) is 37.4 Å². The first-order chi connectivity index (χ1) is 8.06. The molecular weight excluding hydrogens is 234 g/mol. The Balaban J connectivity index is 2.51. The van der Waals surface area contributed by atoms with Crippen molar-refractivity contribution in [2.75, 3.05) is 25.9 Å². The number of nitrogens with zero attached hydrogens (tertiary/aromatic N) is 1. The molecule has 0 N–H and O–H groups in total. The minimum absolute atomic E-state index is 0.192. The SMILES string of the molecule is CCCCN(C)CCS(=O)(=O)c1ccccc1. The van der Waals surface area contributed by atoms with Crippen LogP contribution < -0.4 is 0 Å². The summed E-state index contributed by atoms with van der Waals surface area (Å²) in [5, 5.41) is 0. The largest absolute Gasteiger partial charge is 0.305 e. The van der Waals surface area contributed by atoms with Gasteiger partial charge < -0.3 is 4.90 Å². The number of rotatable bonds is 7. The third-order valence-corrected chi connectivity index (χ3v) is 4.45. The van der Waals surface area contributed by atoms with Gasteiger partial charge in [0.05, 0.1) is 10.6 Å². The Bertz CT molecular complexity index is 414. The second-order valence-corrected chi connectivity index (χ2v) is 6.40. The maximum atomic E-state index is 12.0. The summed E-state index contributed by atoms with van der Waals surface area (Å²) in [4.78, 5) is 2.49. The monoisotopic (exact) mass is 255 g/mol. The highest BCUT2D eigenvalue weighted by atomic mass is 32.2. The van der Waals surface area contributed by atoms with E-state index in [0.717, 1.165) is 19.4 Å². The van der Waals surface area contributed by atoms with Crippen LogP contribution in [0.1, 0.15) is 19.8 Å². The van der Waals surface area contributed by atoms with Gasteiger partial charge in [-0.25, -0.2) is 8.42 Å². The lowest BCUT2D eigenvalue weighted by molar-refractivity contribution is 0.346. The van der Waals surface area contributed by atoms with E-state index in [0.29, 0.717) is 11.4 Å². The molecule has 0 fully saturated rings. The van der Waals surface area contributed by atoms with E-state index in [1.54, 1.807) is 24.3 Å². The highest BCUT2D eigenvalue weighted by Crippen LogP contribution is 2.10. The maximum absolute atomic E-state index is 12.0. The number of hydrogen-bond donors (Lipinski definition) is 0. The second kappa shape index (κ2) is 6.77. The summed E-state index contributed by atoms with van der Waals surface area (Å²) < 4.78 is 24.0. The summed E-state index contributed by atoms with van der Waals surface area (Å²) in [5.41, 5.74) is 0. The minimum atomic E-state index is -3.12. The van der Waals surface area contributed by atoms with Gasteiger partial charge in [-0.3, -0.25) is 0 Å². The molecule has 4 heteroatoms. The van der Waals surface area contributed by atoms with Gasteiger partial charge in [0.15, 0.2) is 9.84 Å². The van der Waals surface area contributed by atoms with E-state index in [-0.39, 0.29) is 5.75 Å². The lowest BCUT2D eigenvalue weighted by atomic mass is 10.3. The van der Waals surface area contributed by atoms with Crippen molar-refractivity contribution in [3.8, 4) is 0 Å². The van der Waals surface area contributed by atoms with Crippen LogP contribution >= 0.6 is 0 Å². The van der Waals surface area contributed by atoms with Gasteiger partial charge in [-0.15, -0.1) is 0 Å². The Labute approximate surface area is 104 Å². The molecule has 0 aliphatic carbocycles. The zero-order valence-corrected chi connectivity index (χ0v) is 11.4. The van der Waals surface area contributed by atoms with Gasteiger partial charge in [0.1, 0.15) is 0 Å². The molecule has 0 aliphatic heterocycles. The highest BCUT2D eigenvalue weighted by molar-refractivity contribution is 7.91. The molecule has 1 rings (SSSR count). The minimum Gasteiger partial charge on any atom is -0.305 e. The van der Waals surface area contributed by atoms with Crippen molar-refractivity contribution in [2.24, 2.45) is 0 Å². The van der Waals surface area contributed by atoms with Crippen LogP contribution in [0.2, 0.25) is 0 Å². The van der Waals surface area contributed by atoms with E-state index in [9.17, 15) is 8.42 Å². The van der Waals surface area contributed by atoms with Crippen molar-refractivity contribution < 1.29 is 8.42 Å². The van der Waals surface area contributed by atoms with Crippen molar-refractivity contribution >= 4 is 9.84 Å². The van der Waals surface area contributed by atoms with Crippen molar-refractivity contribution in [1.82, 2.24) is 4.90 Å². The summed E-state index contributed by atoms with van der Waals surface area (Å²) >= 11 is 0. The fraction of sp³-hybridized carbons (Fsp3) is 0.538. The molecule has 0 bridgehead atoms. The van der Waals surface area contributed by atoms with Crippen LogP contribution in [0.5, 0.6) is 0 Å². The van der Waals surface area contributed by atoms with Crippen LogP contribution in [-0.4, -0.2) is 39.2 Å². The van der Waals surface area contributed by atoms with Crippen LogP contribution in [0.3, 0.4) is 0 Å². The Morgan fingerprint density at radius 2 is 1.76 bits per heavy atom. The third-order valence-electron chi connectivity index (χ3n) is 2.74. The van der Waals surface area contributed by atoms with Gasteiger partial charge in [0.25, 0.3) is 0 Å². The Morgan fingerprint density at radius 1 is 1.12 bits per heavy atom. The standard InChI is InChI=1S/C13H21NO2S/c1-3-4-10-14(2)11-12-17(15,16)13-8-6-5-7-9-13/h5-9H,3-4,10-12H2,1-2H3. The van der Waals surface area contributed by atoms with Gasteiger partial charge in [0, 0.05) is 6.54 Å². The highest BCUT2D eigenvalue weighted by Gasteiger charge is 2.14. The van der Waals surface area contributed by atoms with Gasteiger partial charge in [-0.2, -0.15) is 0 Å². The molecule has 0 heterocycles. The molecule has 3 nitrogen and oxygen atoms in total. The molecule has 1 aromatic rings. The van der Waals surface area contributed by atoms with Crippen LogP contribution in [0, 0.1) is 0 Å². The van der Waals surface area contributed by atoms with Crippen LogP contribution in [-0.2, 0) is 9.84 Å². The first-order valence-electron chi connectivity index (χ1n) is 6.02. The van der Waals surface area contributed by atoms with Gasteiger partial charge in [-0.1, -0.05) is 31.5 Å². The van der Waals surface area contributed by atoms with Gasteiger partial charge >= 0.3 is 0 Å². The second-order valence-electron chi connectivity index (χ2n) is 4.29. The smallest absolute Gasteiger partial charge is 0.179 e. The fourth-order valence-electron chi connectivity index (χ4n) is 1.56. The van der Waals surface area contributed by atoms with E-state index >= 15 is 0 Å². The number of unbranched alkanes of at least 4 members (excludes halogenated alkanes) is 1. The normalized spacial score (nSPS) is 11.9. The van der Waals surface area contributed by atoms with Crippen LogP contribution in [0.4, 0.5) is 0 Å². The number of hydrogen-bond acceptors (Lipinski definition) is 3. The molecule has 0 spiro atoms. The molecule has 0 aliphatic rings. The molecule has 96 valence electrons. The zero-order valence-electron chi connectivity index (χ0n) is 10.6. The summed E-state index contributed by atoms with van der Waals surface area (Å²) in [6, 6.07) is 8.65. The molecule has 0 radical (unpaired) electrons. The molecule has 0 unspecified atom stereocenters. The Morgan fingerprint density at radius 3 is 2.35 bits per heavy atom. The molecule has 0 saturated carbocycles. The van der Waals surface area contributed by atoms with E-state index in [1.807, 2.05) is 13.1 Å². The molecule has 17 heavy (non-hydrogen) atoms. The predicted molar refractivity (Wildman–Crippen MR) is 70.9 cm³/mol. The number of benzene rings is 1. The lowest BCUT2D eigenvalue weighted by Crippen LogP contribution is -2.26. The molecule has 0 aromatic heterocycles. The summed E-state index contributed by atoms with van der Waals surface area (Å²) in [6.45, 7) is 3.69. The van der Waals surface area contributed by atoms with Crippen molar-refractivity contribution in [3.63, 3.8) is 0 Å². The van der Waals surface area contributed by atoms with E-state index in [4.69, 9.17) is 0 Å². The van der Waals surface area contributed by atoms with Crippen LogP contribution in [0.25, 0.3) is 0 Å². The summed E-state index contributed by atoms with van der Waals surface area (Å²) in [6.07, 6.45) is 2.25. The van der Waals surface area contributed by atoms with Crippen molar-refractivity contribution in [2.45, 2.75) is 24.7 Å². The van der Waals surface area contributed by atoms with Crippen LogP contribution in [0.15, 0.2) is 35.2 Å². The molecule has 0 amide bonds. The summed E-state index contributed by atoms with van der Waals surface area (Å²) in [7, 11) is -1.15. The summed E-state index contributed by atoms with van der Waals surface area (Å²) in [5.74, 6) is 0.192. The Kier molecular flexibility index (Phi) is 5.65. The lowest BCUT2D eigenvalue weighted by Gasteiger charge is -2.15. The van der Waals surface area contributed by atoms with Gasteiger partial charge in [0.2, 0.25) is 0 Å². The maximum Gasteiger partial charge on any atom is 0.179 e. The quantitative estimate of drug-likeness (QED) is 0.749. The molecule has 1 aromatic carbocycles. The predicted octanol–water partition coefficient (Wildman–Crippen LogP) is 2.19. The molecule has 0 saturated heterocycles.